The summed E-state index contributed by atoms with van der Waals surface area (Å²) in [7, 11) is 1.44. The number of piperazine rings is 1. The fourth-order valence-corrected chi connectivity index (χ4v) is 8.31. The minimum atomic E-state index is -0.603. The Kier molecular flexibility index (Phi) is 13.3. The van der Waals surface area contributed by atoms with E-state index in [0.717, 1.165) is 71.8 Å². The van der Waals surface area contributed by atoms with Crippen LogP contribution in [0.4, 0.5) is 21.1 Å². The molecule has 7 rings (SSSR count). The molecule has 320 valence electrons. The van der Waals surface area contributed by atoms with Gasteiger partial charge in [0.1, 0.15) is 18.0 Å². The van der Waals surface area contributed by atoms with E-state index in [0.29, 0.717) is 57.6 Å². The van der Waals surface area contributed by atoms with Crippen LogP contribution < -0.4 is 14.5 Å². The molecular formula is C46H59N7O7. The Morgan fingerprint density at radius 3 is 2.37 bits per heavy atom. The topological polar surface area (TPSA) is 132 Å². The zero-order valence-electron chi connectivity index (χ0n) is 35.9. The van der Waals surface area contributed by atoms with Crippen molar-refractivity contribution in [2.24, 2.45) is 5.92 Å². The molecule has 2 amide bonds. The minimum Gasteiger partial charge on any atom is -0.477 e. The number of fused-ring (bicyclic) bond motifs is 1. The molecule has 0 bridgehead atoms. The third-order valence-corrected chi connectivity index (χ3v) is 11.3. The van der Waals surface area contributed by atoms with E-state index >= 15 is 0 Å². The highest BCUT2D eigenvalue weighted by Gasteiger charge is 2.31. The number of esters is 1. The highest BCUT2D eigenvalue weighted by atomic mass is 16.6. The number of aromatic nitrogens is 3. The van der Waals surface area contributed by atoms with Crippen LogP contribution in [0.2, 0.25) is 0 Å². The van der Waals surface area contributed by atoms with E-state index in [-0.39, 0.29) is 36.9 Å². The van der Waals surface area contributed by atoms with Gasteiger partial charge in [0, 0.05) is 75.1 Å². The normalized spacial score (nSPS) is 17.6. The molecule has 60 heavy (non-hydrogen) atoms. The van der Waals surface area contributed by atoms with Crippen LogP contribution in [0, 0.1) is 19.8 Å². The van der Waals surface area contributed by atoms with Gasteiger partial charge >= 0.3 is 18.2 Å². The Morgan fingerprint density at radius 1 is 0.883 bits per heavy atom. The maximum atomic E-state index is 13.0. The smallest absolute Gasteiger partial charge is 0.416 e. The van der Waals surface area contributed by atoms with Crippen LogP contribution in [0.3, 0.4) is 0 Å². The molecule has 14 nitrogen and oxygen atoms in total. The lowest BCUT2D eigenvalue weighted by molar-refractivity contribution is -0.141. The molecule has 2 fully saturated rings. The van der Waals surface area contributed by atoms with Crippen LogP contribution in [0.5, 0.6) is 5.88 Å². The summed E-state index contributed by atoms with van der Waals surface area (Å²) in [6.45, 7) is 15.5. The number of aryl methyl sites for hydroxylation is 3. The first-order chi connectivity index (χ1) is 28.8. The number of ether oxygens (including phenoxy) is 4. The second-order valence-corrected chi connectivity index (χ2v) is 17.2. The summed E-state index contributed by atoms with van der Waals surface area (Å²) in [5.41, 5.74) is 6.25. The monoisotopic (exact) mass is 821 g/mol. The fraction of sp³-hybridized carbons (Fsp3) is 0.500. The van der Waals surface area contributed by atoms with Gasteiger partial charge in [-0.15, -0.1) is 0 Å². The number of methoxy groups -OCH3 is 1. The van der Waals surface area contributed by atoms with Gasteiger partial charge in [-0.3, -0.25) is 9.69 Å². The van der Waals surface area contributed by atoms with Gasteiger partial charge in [0.05, 0.1) is 31.5 Å². The lowest BCUT2D eigenvalue weighted by atomic mass is 9.93. The number of rotatable bonds is 12. The molecule has 14 heteroatoms. The van der Waals surface area contributed by atoms with E-state index in [2.05, 4.69) is 34.1 Å². The molecule has 3 aliphatic rings. The van der Waals surface area contributed by atoms with Crippen LogP contribution >= 0.6 is 0 Å². The van der Waals surface area contributed by atoms with Gasteiger partial charge in [0.25, 0.3) is 0 Å². The first-order valence-corrected chi connectivity index (χ1v) is 21.1. The van der Waals surface area contributed by atoms with Gasteiger partial charge in [-0.2, -0.15) is 10.1 Å². The third-order valence-electron chi connectivity index (χ3n) is 11.3. The number of carbonyl (C=O) groups is 3. The number of amides is 2. The molecule has 3 aliphatic heterocycles. The van der Waals surface area contributed by atoms with E-state index in [1.165, 1.54) is 7.11 Å². The minimum absolute atomic E-state index is 0.150. The quantitative estimate of drug-likeness (QED) is 0.107. The van der Waals surface area contributed by atoms with Crippen molar-refractivity contribution >= 4 is 29.7 Å². The summed E-state index contributed by atoms with van der Waals surface area (Å²) in [6.07, 6.45) is 2.15. The first kappa shape index (κ1) is 42.5. The van der Waals surface area contributed by atoms with Gasteiger partial charge in [-0.05, 0) is 107 Å². The number of hydrogen-bond acceptors (Lipinski definition) is 11. The SMILES string of the molecule is COC(=O)CC(CN1CCC(COc2ccc3c(n2)N(C(=O)OC(C)(C)C)CCC3)C1)c1cc(N2CCN(C(=O)OCc3ccccc3)CC2)cc(-n2nc(C)cc2C)c1. The van der Waals surface area contributed by atoms with Gasteiger partial charge in [0.2, 0.25) is 5.88 Å². The van der Waals surface area contributed by atoms with Crippen LogP contribution in [-0.4, -0.2) is 114 Å². The maximum absolute atomic E-state index is 13.0. The van der Waals surface area contributed by atoms with Gasteiger partial charge in [-0.25, -0.2) is 14.3 Å². The van der Waals surface area contributed by atoms with Crippen LogP contribution in [-0.2, 0) is 32.0 Å². The predicted octanol–water partition coefficient (Wildman–Crippen LogP) is 7.08. The van der Waals surface area contributed by atoms with E-state index < -0.39 is 11.7 Å². The summed E-state index contributed by atoms with van der Waals surface area (Å²) in [4.78, 5) is 51.9. The van der Waals surface area contributed by atoms with Crippen molar-refractivity contribution in [2.45, 2.75) is 78.4 Å². The number of anilines is 2. The number of nitrogens with zero attached hydrogens (tertiary/aromatic N) is 7. The summed E-state index contributed by atoms with van der Waals surface area (Å²) in [6, 6.07) is 22.1. The Labute approximate surface area is 353 Å². The molecule has 2 saturated heterocycles. The molecule has 2 atom stereocenters. The second-order valence-electron chi connectivity index (χ2n) is 17.2. The highest BCUT2D eigenvalue weighted by molar-refractivity contribution is 5.88. The molecule has 0 aliphatic carbocycles. The molecule has 0 N–H and O–H groups in total. The number of pyridine rings is 1. The molecule has 2 unspecified atom stereocenters. The molecule has 0 saturated carbocycles. The van der Waals surface area contributed by atoms with Crippen molar-refractivity contribution in [3.05, 3.63) is 94.8 Å². The van der Waals surface area contributed by atoms with Gasteiger partial charge < -0.3 is 33.6 Å². The highest BCUT2D eigenvalue weighted by Crippen LogP contribution is 2.33. The number of hydrogen-bond donors (Lipinski definition) is 0. The third kappa shape index (κ3) is 10.8. The molecule has 0 spiro atoms. The molecule has 2 aromatic carbocycles. The summed E-state index contributed by atoms with van der Waals surface area (Å²) in [5.74, 6) is 0.944. The summed E-state index contributed by atoms with van der Waals surface area (Å²) in [5, 5.41) is 4.82. The second kappa shape index (κ2) is 18.7. The maximum Gasteiger partial charge on any atom is 0.416 e. The van der Waals surface area contributed by atoms with E-state index in [9.17, 15) is 14.4 Å². The Hall–Kier alpha value is -5.63. The van der Waals surface area contributed by atoms with E-state index in [1.807, 2.05) is 81.8 Å². The summed E-state index contributed by atoms with van der Waals surface area (Å²) < 4.78 is 24.8. The average Bonchev–Trinajstić information content (AvgIpc) is 3.85. The van der Waals surface area contributed by atoms with E-state index in [1.54, 1.807) is 9.80 Å². The van der Waals surface area contributed by atoms with Crippen molar-refractivity contribution in [1.29, 1.82) is 0 Å². The Bertz CT molecular complexity index is 2130. The molecule has 0 radical (unpaired) electrons. The van der Waals surface area contributed by atoms with Crippen molar-refractivity contribution < 1.29 is 33.3 Å². The van der Waals surface area contributed by atoms with Crippen molar-refractivity contribution in [3.8, 4) is 11.6 Å². The Balaban J connectivity index is 1.03. The van der Waals surface area contributed by atoms with Crippen LogP contribution in [0.25, 0.3) is 5.69 Å². The molecule has 4 aromatic rings. The lowest BCUT2D eigenvalue weighted by Crippen LogP contribution is -2.49. The molecule has 5 heterocycles. The fourth-order valence-electron chi connectivity index (χ4n) is 8.31. The Morgan fingerprint density at radius 2 is 1.65 bits per heavy atom. The van der Waals surface area contributed by atoms with Gasteiger partial charge in [0.15, 0.2) is 0 Å². The zero-order valence-corrected chi connectivity index (χ0v) is 35.9. The van der Waals surface area contributed by atoms with E-state index in [4.69, 9.17) is 29.0 Å². The van der Waals surface area contributed by atoms with Crippen molar-refractivity contribution in [1.82, 2.24) is 24.6 Å². The lowest BCUT2D eigenvalue weighted by Gasteiger charge is -2.36. The van der Waals surface area contributed by atoms with Crippen molar-refractivity contribution in [3.63, 3.8) is 0 Å². The number of benzene rings is 2. The van der Waals surface area contributed by atoms with Gasteiger partial charge in [-0.1, -0.05) is 30.3 Å². The number of carbonyl (C=O) groups excluding carboxylic acids is 3. The molecular weight excluding hydrogens is 763 g/mol. The largest absolute Gasteiger partial charge is 0.477 e. The predicted molar refractivity (Wildman–Crippen MR) is 229 cm³/mol. The number of likely N-dealkylation sites (tertiary alicyclic amines) is 1. The van der Waals surface area contributed by atoms with Crippen molar-refractivity contribution in [2.75, 3.05) is 75.9 Å². The summed E-state index contributed by atoms with van der Waals surface area (Å²) >= 11 is 0. The average molecular weight is 822 g/mol. The standard InChI is InChI=1S/C46H59N7O7/c1-32-23-33(2)53(48-32)40-25-37(24-39(27-40)50-19-21-51(22-20-50)44(55)59-30-34-11-8-7-9-12-34)38(26-42(54)57-6)29-49-18-16-35(28-49)31-58-41-15-14-36-13-10-17-52(43(36)47-41)45(56)60-46(3,4)5/h7-9,11-12,14-15,23-25,27,35,38H,10,13,16-22,26,28-31H2,1-6H3. The first-order valence-electron chi connectivity index (χ1n) is 21.1. The zero-order chi connectivity index (χ0) is 42.4. The van der Waals surface area contributed by atoms with Crippen LogP contribution in [0.15, 0.2) is 66.7 Å². The molecule has 2 aromatic heterocycles. The van der Waals surface area contributed by atoms with Crippen LogP contribution in [0.1, 0.15) is 74.0 Å².